The number of tetrazole rings is 1. The molecule has 1 aromatic heterocycles. The Hall–Kier alpha value is -2.37. The van der Waals surface area contributed by atoms with Crippen LogP contribution in [0, 0.1) is 10.5 Å². The third kappa shape index (κ3) is 3.99. The van der Waals surface area contributed by atoms with E-state index < -0.39 is 17.4 Å². The van der Waals surface area contributed by atoms with Crippen molar-refractivity contribution >= 4 is 22.6 Å². The number of aromatic nitrogens is 4. The fraction of sp³-hybridized carbons (Fsp3) is 0.235. The lowest BCUT2D eigenvalue weighted by molar-refractivity contribution is -0.139. The van der Waals surface area contributed by atoms with Crippen molar-refractivity contribution < 1.29 is 17.9 Å². The lowest BCUT2D eigenvalue weighted by atomic mass is 10.1. The molecule has 0 atom stereocenters. The lowest BCUT2D eigenvalue weighted by Gasteiger charge is -2.16. The number of hydrogen-bond donors (Lipinski definition) is 0. The number of hydrogen-bond acceptors (Lipinski definition) is 4. The van der Waals surface area contributed by atoms with Gasteiger partial charge in [0.1, 0.15) is 12.4 Å². The Morgan fingerprint density at radius 2 is 1.93 bits per heavy atom. The van der Waals surface area contributed by atoms with Crippen LogP contribution >= 0.6 is 22.6 Å². The van der Waals surface area contributed by atoms with Crippen LogP contribution in [0.1, 0.15) is 16.7 Å². The van der Waals surface area contributed by atoms with Gasteiger partial charge >= 0.3 is 11.9 Å². The number of rotatable bonds is 4. The highest BCUT2D eigenvalue weighted by Crippen LogP contribution is 2.37. The molecule has 0 saturated carbocycles. The van der Waals surface area contributed by atoms with Crippen LogP contribution in [-0.4, -0.2) is 19.8 Å². The molecular weight excluding hydrogens is 476 g/mol. The first-order valence-electron chi connectivity index (χ1n) is 7.76. The molecule has 0 aliphatic heterocycles. The molecule has 142 valence electrons. The first-order chi connectivity index (χ1) is 12.7. The average Bonchev–Trinajstić information content (AvgIpc) is 2.91. The molecule has 0 aliphatic rings. The standard InChI is InChI=1S/C17H14F3IN4O2/c1-10-6-7-12(17(18,19)20)15(8-10)27-9-11-13(21)4-3-5-14(11)25-16(26)24(2)22-23-25/h3-8H,9H2,1-2H3. The van der Waals surface area contributed by atoms with E-state index in [0.717, 1.165) is 19.0 Å². The number of aryl methyl sites for hydroxylation is 2. The lowest BCUT2D eigenvalue weighted by Crippen LogP contribution is -2.23. The van der Waals surface area contributed by atoms with Crippen molar-refractivity contribution in [1.82, 2.24) is 19.8 Å². The van der Waals surface area contributed by atoms with Gasteiger partial charge in [-0.1, -0.05) is 12.1 Å². The van der Waals surface area contributed by atoms with Gasteiger partial charge in [-0.3, -0.25) is 0 Å². The highest BCUT2D eigenvalue weighted by molar-refractivity contribution is 14.1. The molecule has 27 heavy (non-hydrogen) atoms. The second kappa shape index (κ2) is 7.33. The summed E-state index contributed by atoms with van der Waals surface area (Å²) < 4.78 is 48.1. The summed E-state index contributed by atoms with van der Waals surface area (Å²) in [5.41, 5.74) is 0.268. The molecule has 10 heteroatoms. The van der Waals surface area contributed by atoms with Crippen LogP contribution in [-0.2, 0) is 19.8 Å². The SMILES string of the molecule is Cc1ccc(C(F)(F)F)c(OCc2c(I)cccc2-n2nnn(C)c2=O)c1. The molecule has 0 saturated heterocycles. The summed E-state index contributed by atoms with van der Waals surface area (Å²) in [5.74, 6) is -0.264. The maximum atomic E-state index is 13.2. The molecule has 0 aliphatic carbocycles. The number of nitrogens with zero attached hydrogens (tertiary/aromatic N) is 4. The maximum absolute atomic E-state index is 13.2. The zero-order valence-electron chi connectivity index (χ0n) is 14.3. The molecule has 0 unspecified atom stereocenters. The third-order valence-corrected chi connectivity index (χ3v) is 4.87. The Morgan fingerprint density at radius 1 is 1.19 bits per heavy atom. The van der Waals surface area contributed by atoms with Crippen molar-refractivity contribution in [3.05, 3.63) is 67.1 Å². The van der Waals surface area contributed by atoms with Crippen LogP contribution in [0.4, 0.5) is 13.2 Å². The van der Waals surface area contributed by atoms with Gasteiger partial charge in [-0.15, -0.1) is 0 Å². The van der Waals surface area contributed by atoms with Crippen LogP contribution in [0.25, 0.3) is 5.69 Å². The first-order valence-corrected chi connectivity index (χ1v) is 8.84. The van der Waals surface area contributed by atoms with Crippen LogP contribution in [0.3, 0.4) is 0 Å². The minimum atomic E-state index is -4.53. The van der Waals surface area contributed by atoms with Crippen LogP contribution in [0.15, 0.2) is 41.2 Å². The van der Waals surface area contributed by atoms with E-state index in [4.69, 9.17) is 4.74 Å². The van der Waals surface area contributed by atoms with Crippen molar-refractivity contribution in [1.29, 1.82) is 0 Å². The van der Waals surface area contributed by atoms with Gasteiger partial charge in [-0.05, 0) is 69.8 Å². The molecule has 2 aromatic carbocycles. The molecular formula is C17H14F3IN4O2. The van der Waals surface area contributed by atoms with Gasteiger partial charge < -0.3 is 4.74 Å². The van der Waals surface area contributed by atoms with Crippen LogP contribution < -0.4 is 10.4 Å². The van der Waals surface area contributed by atoms with Gasteiger partial charge in [0, 0.05) is 16.2 Å². The van der Waals surface area contributed by atoms with Crippen molar-refractivity contribution in [3.8, 4) is 11.4 Å². The first kappa shape index (κ1) is 19.4. The van der Waals surface area contributed by atoms with Crippen molar-refractivity contribution in [2.24, 2.45) is 7.05 Å². The Morgan fingerprint density at radius 3 is 2.56 bits per heavy atom. The van der Waals surface area contributed by atoms with E-state index in [1.807, 2.05) is 22.6 Å². The number of benzene rings is 2. The Bertz CT molecular complexity index is 1040. The molecule has 0 spiro atoms. The smallest absolute Gasteiger partial charge is 0.419 e. The minimum Gasteiger partial charge on any atom is -0.488 e. The van der Waals surface area contributed by atoms with E-state index in [1.54, 1.807) is 25.1 Å². The van der Waals surface area contributed by atoms with Crippen molar-refractivity contribution in [2.45, 2.75) is 19.7 Å². The minimum absolute atomic E-state index is 0.163. The topological polar surface area (TPSA) is 61.9 Å². The van der Waals surface area contributed by atoms with Gasteiger partial charge in [0.25, 0.3) is 0 Å². The van der Waals surface area contributed by atoms with E-state index >= 15 is 0 Å². The normalized spacial score (nSPS) is 11.6. The van der Waals surface area contributed by atoms with Gasteiger partial charge in [0.05, 0.1) is 11.3 Å². The second-order valence-corrected chi connectivity index (χ2v) is 6.98. The summed E-state index contributed by atoms with van der Waals surface area (Å²) >= 11 is 2.03. The molecule has 0 radical (unpaired) electrons. The van der Waals surface area contributed by atoms with Crippen LogP contribution in [0.2, 0.25) is 0 Å². The predicted octanol–water partition coefficient (Wildman–Crippen LogP) is 3.48. The Labute approximate surface area is 165 Å². The Kier molecular flexibility index (Phi) is 5.27. The zero-order valence-corrected chi connectivity index (χ0v) is 16.4. The number of halogens is 4. The van der Waals surface area contributed by atoms with Crippen molar-refractivity contribution in [3.63, 3.8) is 0 Å². The summed E-state index contributed by atoms with van der Waals surface area (Å²) in [6, 6.07) is 8.84. The zero-order chi connectivity index (χ0) is 19.8. The van der Waals surface area contributed by atoms with Crippen molar-refractivity contribution in [2.75, 3.05) is 0 Å². The molecule has 3 rings (SSSR count). The number of ether oxygens (including phenoxy) is 1. The Balaban J connectivity index is 2.00. The molecule has 0 fully saturated rings. The van der Waals surface area contributed by atoms with Crippen LogP contribution in [0.5, 0.6) is 5.75 Å². The summed E-state index contributed by atoms with van der Waals surface area (Å²) in [7, 11) is 1.46. The molecule has 1 heterocycles. The van der Waals surface area contributed by atoms with E-state index in [9.17, 15) is 18.0 Å². The molecule has 0 N–H and O–H groups in total. The van der Waals surface area contributed by atoms with E-state index in [1.165, 1.54) is 19.2 Å². The van der Waals surface area contributed by atoms with Gasteiger partial charge in [-0.2, -0.15) is 22.5 Å². The fourth-order valence-corrected chi connectivity index (χ4v) is 3.13. The van der Waals surface area contributed by atoms with E-state index in [0.29, 0.717) is 16.8 Å². The molecule has 6 nitrogen and oxygen atoms in total. The summed E-state index contributed by atoms with van der Waals surface area (Å²) in [6.45, 7) is 1.52. The molecule has 0 amide bonds. The quantitative estimate of drug-likeness (QED) is 0.526. The predicted molar refractivity (Wildman–Crippen MR) is 99.8 cm³/mol. The van der Waals surface area contributed by atoms with Gasteiger partial charge in [-0.25, -0.2) is 4.79 Å². The van der Waals surface area contributed by atoms with Gasteiger partial charge in [0.2, 0.25) is 0 Å². The maximum Gasteiger partial charge on any atom is 0.419 e. The molecule has 3 aromatic rings. The fourth-order valence-electron chi connectivity index (χ4n) is 2.49. The van der Waals surface area contributed by atoms with Gasteiger partial charge in [0.15, 0.2) is 0 Å². The second-order valence-electron chi connectivity index (χ2n) is 5.82. The average molecular weight is 490 g/mol. The summed E-state index contributed by atoms with van der Waals surface area (Å²) in [6.07, 6.45) is -4.53. The highest BCUT2D eigenvalue weighted by atomic mass is 127. The van der Waals surface area contributed by atoms with E-state index in [-0.39, 0.29) is 12.4 Å². The third-order valence-electron chi connectivity index (χ3n) is 3.86. The molecule has 0 bridgehead atoms. The summed E-state index contributed by atoms with van der Waals surface area (Å²) in [4.78, 5) is 12.1. The number of alkyl halides is 3. The largest absolute Gasteiger partial charge is 0.488 e. The highest BCUT2D eigenvalue weighted by Gasteiger charge is 2.34. The monoisotopic (exact) mass is 490 g/mol. The van der Waals surface area contributed by atoms with E-state index in [2.05, 4.69) is 10.4 Å². The summed E-state index contributed by atoms with van der Waals surface area (Å²) in [5, 5.41) is 7.46.